The Labute approximate surface area is 229 Å². The Morgan fingerprint density at radius 2 is 1.30 bits per heavy atom. The number of non-ortho nitro benzene ring substituents is 1. The number of carbonyl (C=O) groups excluding carboxylic acids is 1. The Hall–Kier alpha value is -4.98. The lowest BCUT2D eigenvalue weighted by molar-refractivity contribution is -0.393. The molecule has 0 unspecified atom stereocenters. The van der Waals surface area contributed by atoms with Crippen LogP contribution in [-0.2, 0) is 4.79 Å². The summed E-state index contributed by atoms with van der Waals surface area (Å²) in [5, 5.41) is 45.4. The molecule has 0 saturated heterocycles. The molecule has 3 N–H and O–H groups in total. The van der Waals surface area contributed by atoms with Crippen molar-refractivity contribution >= 4 is 40.0 Å². The minimum absolute atomic E-state index is 0.0376. The van der Waals surface area contributed by atoms with E-state index in [0.29, 0.717) is 38.2 Å². The van der Waals surface area contributed by atoms with Gasteiger partial charge in [0.2, 0.25) is 5.91 Å². The molecule has 0 aliphatic rings. The van der Waals surface area contributed by atoms with Crippen LogP contribution in [0.3, 0.4) is 0 Å². The van der Waals surface area contributed by atoms with E-state index in [4.69, 9.17) is 5.53 Å². The third-order valence-electron chi connectivity index (χ3n) is 5.86. The molecular formula is C24H31N9O7. The second kappa shape index (κ2) is 16.8. The fourth-order valence-corrected chi connectivity index (χ4v) is 3.82. The normalized spacial score (nSPS) is 10.3. The van der Waals surface area contributed by atoms with Crippen LogP contribution in [0.1, 0.15) is 51.4 Å². The van der Waals surface area contributed by atoms with Crippen molar-refractivity contribution in [2.75, 3.05) is 30.3 Å². The number of nitrogens with zero attached hydrogens (tertiary/aromatic N) is 6. The van der Waals surface area contributed by atoms with Gasteiger partial charge < -0.3 is 16.0 Å². The number of hydrogen-bond donors (Lipinski definition) is 3. The lowest BCUT2D eigenvalue weighted by Crippen LogP contribution is -2.24. The molecular weight excluding hydrogens is 526 g/mol. The van der Waals surface area contributed by atoms with Crippen molar-refractivity contribution in [3.8, 4) is 0 Å². The molecule has 0 atom stereocenters. The number of nitrogens with one attached hydrogen (secondary N) is 3. The molecule has 0 aliphatic carbocycles. The molecule has 16 nitrogen and oxygen atoms in total. The van der Waals surface area contributed by atoms with Gasteiger partial charge in [-0.1, -0.05) is 30.4 Å². The number of benzene rings is 2. The van der Waals surface area contributed by atoms with E-state index in [1.54, 1.807) is 0 Å². The van der Waals surface area contributed by atoms with Crippen LogP contribution in [0.5, 0.6) is 0 Å². The Morgan fingerprint density at radius 1 is 0.750 bits per heavy atom. The van der Waals surface area contributed by atoms with Gasteiger partial charge in [0.25, 0.3) is 17.1 Å². The van der Waals surface area contributed by atoms with E-state index < -0.39 is 14.8 Å². The summed E-state index contributed by atoms with van der Waals surface area (Å²) in [4.78, 5) is 45.9. The number of hydrogen-bond acceptors (Lipinski definition) is 10. The van der Waals surface area contributed by atoms with Gasteiger partial charge in [-0.2, -0.15) is 0 Å². The zero-order valence-corrected chi connectivity index (χ0v) is 21.8. The maximum absolute atomic E-state index is 12.0. The van der Waals surface area contributed by atoms with Gasteiger partial charge in [-0.3, -0.25) is 35.1 Å². The van der Waals surface area contributed by atoms with Crippen LogP contribution in [0.4, 0.5) is 34.1 Å². The topological polar surface area (TPSA) is 231 Å². The molecule has 2 aromatic rings. The summed E-state index contributed by atoms with van der Waals surface area (Å²) in [7, 11) is 0. The zero-order chi connectivity index (χ0) is 29.3. The van der Waals surface area contributed by atoms with Crippen LogP contribution in [0.2, 0.25) is 0 Å². The zero-order valence-electron chi connectivity index (χ0n) is 21.8. The van der Waals surface area contributed by atoms with Crippen LogP contribution in [0.15, 0.2) is 41.5 Å². The van der Waals surface area contributed by atoms with Gasteiger partial charge in [0.15, 0.2) is 0 Å². The first-order valence-corrected chi connectivity index (χ1v) is 12.7. The molecule has 0 radical (unpaired) electrons. The Kier molecular flexibility index (Phi) is 13.1. The van der Waals surface area contributed by atoms with E-state index in [0.717, 1.165) is 44.6 Å². The Bertz CT molecular complexity index is 1250. The van der Waals surface area contributed by atoms with Gasteiger partial charge in [-0.25, -0.2) is 0 Å². The number of nitro groups is 3. The van der Waals surface area contributed by atoms with Gasteiger partial charge in [-0.15, -0.1) is 0 Å². The molecule has 0 saturated carbocycles. The average Bonchev–Trinajstić information content (AvgIpc) is 2.92. The fraction of sp³-hybridized carbons (Fsp3) is 0.458. The van der Waals surface area contributed by atoms with Gasteiger partial charge in [0.05, 0.1) is 20.8 Å². The molecule has 2 aromatic carbocycles. The summed E-state index contributed by atoms with van der Waals surface area (Å²) < 4.78 is 0. The third kappa shape index (κ3) is 10.8. The summed E-state index contributed by atoms with van der Waals surface area (Å²) in [6.07, 6.45) is 5.83. The van der Waals surface area contributed by atoms with Crippen molar-refractivity contribution in [3.05, 3.63) is 77.2 Å². The minimum atomic E-state index is -0.677. The predicted molar refractivity (Wildman–Crippen MR) is 149 cm³/mol. The van der Waals surface area contributed by atoms with Crippen molar-refractivity contribution in [1.29, 1.82) is 0 Å². The van der Waals surface area contributed by atoms with Crippen LogP contribution >= 0.6 is 0 Å². The van der Waals surface area contributed by atoms with Crippen LogP contribution in [0.25, 0.3) is 10.4 Å². The largest absolute Gasteiger partial charge is 0.379 e. The number of unbranched alkanes of at least 4 members (excludes halogenated alkanes) is 5. The lowest BCUT2D eigenvalue weighted by atomic mass is 10.1. The molecule has 1 amide bonds. The highest BCUT2D eigenvalue weighted by molar-refractivity contribution is 5.75. The van der Waals surface area contributed by atoms with E-state index in [2.05, 4.69) is 26.0 Å². The molecule has 16 heteroatoms. The Balaban J connectivity index is 1.53. The summed E-state index contributed by atoms with van der Waals surface area (Å²) >= 11 is 0. The van der Waals surface area contributed by atoms with Crippen LogP contribution in [-0.4, -0.2) is 40.3 Å². The summed E-state index contributed by atoms with van der Waals surface area (Å²) in [6, 6.07) is 7.69. The molecule has 40 heavy (non-hydrogen) atoms. The van der Waals surface area contributed by atoms with E-state index in [1.807, 2.05) is 0 Å². The highest BCUT2D eigenvalue weighted by Crippen LogP contribution is 2.30. The maximum Gasteiger partial charge on any atom is 0.299 e. The van der Waals surface area contributed by atoms with Crippen molar-refractivity contribution in [2.24, 2.45) is 5.11 Å². The van der Waals surface area contributed by atoms with Crippen molar-refractivity contribution < 1.29 is 19.6 Å². The van der Waals surface area contributed by atoms with Crippen molar-refractivity contribution in [1.82, 2.24) is 5.32 Å². The molecule has 0 bridgehead atoms. The smallest absolute Gasteiger partial charge is 0.299 e. The van der Waals surface area contributed by atoms with Crippen LogP contribution in [0, 0.1) is 30.3 Å². The second-order valence-electron chi connectivity index (χ2n) is 8.79. The molecule has 0 aliphatic heterocycles. The summed E-state index contributed by atoms with van der Waals surface area (Å²) in [5.74, 6) is -0.0376. The molecule has 214 valence electrons. The van der Waals surface area contributed by atoms with E-state index >= 15 is 0 Å². The first kappa shape index (κ1) is 31.2. The number of azide groups is 1. The third-order valence-corrected chi connectivity index (χ3v) is 5.86. The molecule has 0 fully saturated rings. The van der Waals surface area contributed by atoms with E-state index in [9.17, 15) is 35.1 Å². The number of amides is 1. The SMILES string of the molecule is [N-]=[N+]=Nc1ccc(NCCCCCC(=O)NCCCCCCNc2ccc([N+](=O)[O-])cc2[N+](=O)[O-])c([N+](=O)[O-])c1. The predicted octanol–water partition coefficient (Wildman–Crippen LogP) is 6.11. The van der Waals surface area contributed by atoms with Gasteiger partial charge in [-0.05, 0) is 43.3 Å². The molecule has 0 spiro atoms. The first-order chi connectivity index (χ1) is 19.2. The van der Waals surface area contributed by atoms with Gasteiger partial charge in [0.1, 0.15) is 11.4 Å². The number of nitro benzene ring substituents is 3. The van der Waals surface area contributed by atoms with Crippen molar-refractivity contribution in [2.45, 2.75) is 51.4 Å². The van der Waals surface area contributed by atoms with E-state index in [1.165, 1.54) is 30.3 Å². The maximum atomic E-state index is 12.0. The number of carbonyl (C=O) groups is 1. The standard InChI is InChI=1S/C24H31N9O7/c25-30-29-18-9-11-20(22(16-18)32(37)38)26-14-7-3-4-8-24(34)28-15-6-2-1-5-13-27-21-12-10-19(31(35)36)17-23(21)33(39)40/h9-12,16-17,26-27H,1-8,13-15H2,(H,28,34). The molecule has 0 heterocycles. The second-order valence-corrected chi connectivity index (χ2v) is 8.79. The monoisotopic (exact) mass is 557 g/mol. The quantitative estimate of drug-likeness (QED) is 0.0450. The van der Waals surface area contributed by atoms with E-state index in [-0.39, 0.29) is 34.3 Å². The highest BCUT2D eigenvalue weighted by atomic mass is 16.6. The Morgan fingerprint density at radius 3 is 1.88 bits per heavy atom. The first-order valence-electron chi connectivity index (χ1n) is 12.7. The lowest BCUT2D eigenvalue weighted by Gasteiger charge is -2.08. The van der Waals surface area contributed by atoms with Crippen molar-refractivity contribution in [3.63, 3.8) is 0 Å². The molecule has 0 aromatic heterocycles. The molecule has 2 rings (SSSR count). The summed E-state index contributed by atoms with van der Waals surface area (Å²) in [6.45, 7) is 1.53. The van der Waals surface area contributed by atoms with Gasteiger partial charge >= 0.3 is 0 Å². The number of rotatable bonds is 19. The highest BCUT2D eigenvalue weighted by Gasteiger charge is 2.19. The number of anilines is 2. The minimum Gasteiger partial charge on any atom is -0.379 e. The van der Waals surface area contributed by atoms with Crippen LogP contribution < -0.4 is 16.0 Å². The fourth-order valence-electron chi connectivity index (χ4n) is 3.82. The van der Waals surface area contributed by atoms with Gasteiger partial charge in [0, 0.05) is 48.8 Å². The summed E-state index contributed by atoms with van der Waals surface area (Å²) in [5.41, 5.74) is 8.35. The average molecular weight is 558 g/mol.